The second kappa shape index (κ2) is 7.33. The predicted octanol–water partition coefficient (Wildman–Crippen LogP) is 2.16. The Hall–Kier alpha value is -2.57. The molecule has 0 aliphatic carbocycles. The minimum absolute atomic E-state index is 0.120. The molecule has 0 amide bonds. The summed E-state index contributed by atoms with van der Waals surface area (Å²) in [7, 11) is 0. The zero-order chi connectivity index (χ0) is 16.9. The summed E-state index contributed by atoms with van der Waals surface area (Å²) in [6, 6.07) is 8.10. The molecule has 0 radical (unpaired) electrons. The number of nitrogens with zero attached hydrogens (tertiary/aromatic N) is 3. The molecule has 1 aliphatic heterocycles. The van der Waals surface area contributed by atoms with Crippen LogP contribution in [0.25, 0.3) is 0 Å². The number of ether oxygens (including phenoxy) is 1. The van der Waals surface area contributed by atoms with E-state index in [2.05, 4.69) is 20.4 Å². The lowest BCUT2D eigenvalue weighted by atomic mass is 10.0. The van der Waals surface area contributed by atoms with Crippen LogP contribution in [0.3, 0.4) is 0 Å². The average molecular weight is 329 g/mol. The average Bonchev–Trinajstić information content (AvgIpc) is 3.04. The second-order valence-corrected chi connectivity index (χ2v) is 6.09. The minimum Gasteiger partial charge on any atom is -0.493 e. The van der Waals surface area contributed by atoms with Crippen LogP contribution in [-0.4, -0.2) is 29.3 Å². The molecule has 1 atom stereocenters. The first-order valence-electron chi connectivity index (χ1n) is 8.24. The molecule has 0 bridgehead atoms. The summed E-state index contributed by atoms with van der Waals surface area (Å²) in [6.45, 7) is 5.23. The van der Waals surface area contributed by atoms with E-state index in [1.165, 1.54) is 0 Å². The molecular formula is C17H23N5O2. The number of aromatic nitrogens is 2. The van der Waals surface area contributed by atoms with Crippen molar-refractivity contribution >= 4 is 5.96 Å². The lowest BCUT2D eigenvalue weighted by molar-refractivity contribution is 0.262. The van der Waals surface area contributed by atoms with Crippen LogP contribution >= 0.6 is 0 Å². The molecule has 2 aromatic rings. The highest BCUT2D eigenvalue weighted by Gasteiger charge is 2.21. The molecule has 2 heterocycles. The fourth-order valence-electron chi connectivity index (χ4n) is 2.59. The number of fused-ring (bicyclic) bond motifs is 1. The van der Waals surface area contributed by atoms with Crippen molar-refractivity contribution in [2.24, 2.45) is 10.7 Å². The van der Waals surface area contributed by atoms with E-state index < -0.39 is 0 Å². The Morgan fingerprint density at radius 2 is 2.25 bits per heavy atom. The van der Waals surface area contributed by atoms with E-state index in [0.29, 0.717) is 31.4 Å². The van der Waals surface area contributed by atoms with Crippen LogP contribution in [0.4, 0.5) is 0 Å². The van der Waals surface area contributed by atoms with E-state index in [1.807, 2.05) is 38.1 Å². The highest BCUT2D eigenvalue weighted by atomic mass is 16.5. The van der Waals surface area contributed by atoms with Crippen molar-refractivity contribution in [3.8, 4) is 5.75 Å². The maximum Gasteiger partial charge on any atom is 0.228 e. The van der Waals surface area contributed by atoms with Gasteiger partial charge in [0.2, 0.25) is 5.89 Å². The SMILES string of the molecule is CC(C)c1noc(CCN=C(N)NC2CCOc3ccccc32)n1. The van der Waals surface area contributed by atoms with Crippen LogP contribution in [0.15, 0.2) is 33.8 Å². The Bertz CT molecular complexity index is 711. The van der Waals surface area contributed by atoms with Gasteiger partial charge < -0.3 is 20.3 Å². The van der Waals surface area contributed by atoms with Gasteiger partial charge in [-0.3, -0.25) is 4.99 Å². The maximum atomic E-state index is 6.01. The summed E-state index contributed by atoms with van der Waals surface area (Å²) in [4.78, 5) is 8.68. The fraction of sp³-hybridized carbons (Fsp3) is 0.471. The zero-order valence-corrected chi connectivity index (χ0v) is 14.0. The monoisotopic (exact) mass is 329 g/mol. The molecule has 7 nitrogen and oxygen atoms in total. The molecule has 128 valence electrons. The first kappa shape index (κ1) is 16.3. The molecular weight excluding hydrogens is 306 g/mol. The highest BCUT2D eigenvalue weighted by Crippen LogP contribution is 2.31. The van der Waals surface area contributed by atoms with Crippen LogP contribution in [0.1, 0.15) is 49.5 Å². The summed E-state index contributed by atoms with van der Waals surface area (Å²) in [5.74, 6) is 2.89. The third-order valence-electron chi connectivity index (χ3n) is 3.89. The number of guanidine groups is 1. The van der Waals surface area contributed by atoms with Gasteiger partial charge in [0.15, 0.2) is 11.8 Å². The van der Waals surface area contributed by atoms with Gasteiger partial charge in [-0.25, -0.2) is 0 Å². The van der Waals surface area contributed by atoms with Crippen molar-refractivity contribution in [3.63, 3.8) is 0 Å². The molecule has 1 aromatic heterocycles. The van der Waals surface area contributed by atoms with Crippen molar-refractivity contribution in [2.45, 2.75) is 38.6 Å². The zero-order valence-electron chi connectivity index (χ0n) is 14.0. The standard InChI is InChI=1S/C17H23N5O2/c1-11(2)16-21-15(24-22-16)7-9-19-17(18)20-13-8-10-23-14-6-4-3-5-12(13)14/h3-6,11,13H,7-10H2,1-2H3,(H3,18,19,20). The van der Waals surface area contributed by atoms with Crippen LogP contribution in [-0.2, 0) is 6.42 Å². The Morgan fingerprint density at radius 3 is 3.04 bits per heavy atom. The summed E-state index contributed by atoms with van der Waals surface area (Å²) in [5, 5.41) is 7.20. The van der Waals surface area contributed by atoms with Gasteiger partial charge in [-0.15, -0.1) is 0 Å². The van der Waals surface area contributed by atoms with Gasteiger partial charge in [0.05, 0.1) is 19.2 Å². The predicted molar refractivity (Wildman–Crippen MR) is 91.0 cm³/mol. The van der Waals surface area contributed by atoms with E-state index >= 15 is 0 Å². The number of para-hydroxylation sites is 1. The molecule has 3 rings (SSSR count). The molecule has 3 N–H and O–H groups in total. The second-order valence-electron chi connectivity index (χ2n) is 6.09. The Morgan fingerprint density at radius 1 is 1.42 bits per heavy atom. The summed E-state index contributed by atoms with van der Waals surface area (Å²) in [5.41, 5.74) is 7.12. The number of hydrogen-bond acceptors (Lipinski definition) is 5. The normalized spacial score (nSPS) is 17.5. The molecule has 0 saturated carbocycles. The van der Waals surface area contributed by atoms with Crippen LogP contribution in [0, 0.1) is 0 Å². The number of benzene rings is 1. The van der Waals surface area contributed by atoms with Crippen molar-refractivity contribution in [3.05, 3.63) is 41.5 Å². The van der Waals surface area contributed by atoms with Gasteiger partial charge in [-0.2, -0.15) is 4.98 Å². The van der Waals surface area contributed by atoms with E-state index in [9.17, 15) is 0 Å². The molecule has 0 fully saturated rings. The molecule has 0 spiro atoms. The Kier molecular flexibility index (Phi) is 4.98. The summed E-state index contributed by atoms with van der Waals surface area (Å²) in [6.07, 6.45) is 1.43. The Labute approximate surface area is 141 Å². The van der Waals surface area contributed by atoms with Gasteiger partial charge in [0.25, 0.3) is 0 Å². The lowest BCUT2D eigenvalue weighted by Crippen LogP contribution is -2.37. The maximum absolute atomic E-state index is 6.01. The largest absolute Gasteiger partial charge is 0.493 e. The molecule has 1 aromatic carbocycles. The van der Waals surface area contributed by atoms with E-state index in [1.54, 1.807) is 0 Å². The molecule has 1 aliphatic rings. The molecule has 1 unspecified atom stereocenters. The van der Waals surface area contributed by atoms with Gasteiger partial charge >= 0.3 is 0 Å². The van der Waals surface area contributed by atoms with Gasteiger partial charge in [0, 0.05) is 24.3 Å². The minimum atomic E-state index is 0.120. The molecule has 7 heteroatoms. The smallest absolute Gasteiger partial charge is 0.228 e. The van der Waals surface area contributed by atoms with Crippen LogP contribution in [0.2, 0.25) is 0 Å². The highest BCUT2D eigenvalue weighted by molar-refractivity contribution is 5.78. The van der Waals surface area contributed by atoms with E-state index in [4.69, 9.17) is 15.0 Å². The van der Waals surface area contributed by atoms with Crippen LogP contribution in [0.5, 0.6) is 5.75 Å². The third kappa shape index (κ3) is 3.84. The van der Waals surface area contributed by atoms with Crippen LogP contribution < -0.4 is 15.8 Å². The fourth-order valence-corrected chi connectivity index (χ4v) is 2.59. The number of nitrogens with one attached hydrogen (secondary N) is 1. The van der Waals surface area contributed by atoms with Gasteiger partial charge in [-0.1, -0.05) is 37.2 Å². The van der Waals surface area contributed by atoms with Gasteiger partial charge in [0.1, 0.15) is 5.75 Å². The van der Waals surface area contributed by atoms with Crippen molar-refractivity contribution in [1.29, 1.82) is 0 Å². The summed E-state index contributed by atoms with van der Waals surface area (Å²) >= 11 is 0. The van der Waals surface area contributed by atoms with Crippen molar-refractivity contribution in [1.82, 2.24) is 15.5 Å². The Balaban J connectivity index is 1.55. The summed E-state index contributed by atoms with van der Waals surface area (Å²) < 4.78 is 10.8. The molecule has 24 heavy (non-hydrogen) atoms. The number of aliphatic imine (C=N–C) groups is 1. The first-order valence-corrected chi connectivity index (χ1v) is 8.24. The van der Waals surface area contributed by atoms with Gasteiger partial charge in [-0.05, 0) is 6.07 Å². The van der Waals surface area contributed by atoms with Crippen molar-refractivity contribution < 1.29 is 9.26 Å². The molecule has 0 saturated heterocycles. The van der Waals surface area contributed by atoms with Crippen molar-refractivity contribution in [2.75, 3.05) is 13.2 Å². The number of hydrogen-bond donors (Lipinski definition) is 2. The topological polar surface area (TPSA) is 98.6 Å². The quantitative estimate of drug-likeness (QED) is 0.644. The van der Waals surface area contributed by atoms with E-state index in [-0.39, 0.29) is 12.0 Å². The number of rotatable bonds is 5. The lowest BCUT2D eigenvalue weighted by Gasteiger charge is -2.26. The first-order chi connectivity index (χ1) is 11.6. The number of nitrogens with two attached hydrogens (primary N) is 1. The third-order valence-corrected chi connectivity index (χ3v) is 3.89. The van der Waals surface area contributed by atoms with E-state index in [0.717, 1.165) is 23.6 Å².